The molecule has 0 atom stereocenters. The normalized spacial score (nSPS) is 14.1. The molecule has 8 heteroatoms. The first-order chi connectivity index (χ1) is 15.7. The second-order valence-electron chi connectivity index (χ2n) is 7.46. The highest BCUT2D eigenvalue weighted by Gasteiger charge is 2.20. The molecule has 0 N–H and O–H groups in total. The predicted molar refractivity (Wildman–Crippen MR) is 128 cm³/mol. The van der Waals surface area contributed by atoms with Crippen molar-refractivity contribution >= 4 is 40.2 Å². The lowest BCUT2D eigenvalue weighted by Gasteiger charge is -2.26. The van der Waals surface area contributed by atoms with Crippen LogP contribution in [0.3, 0.4) is 0 Å². The van der Waals surface area contributed by atoms with E-state index in [-0.39, 0.29) is 5.91 Å². The van der Waals surface area contributed by atoms with Crippen molar-refractivity contribution in [3.05, 3.63) is 71.6 Å². The van der Waals surface area contributed by atoms with Crippen LogP contribution < -0.4 is 0 Å². The van der Waals surface area contributed by atoms with Crippen molar-refractivity contribution in [3.8, 4) is 17.1 Å². The van der Waals surface area contributed by atoms with E-state index in [2.05, 4.69) is 9.97 Å². The van der Waals surface area contributed by atoms with Gasteiger partial charge in [-0.2, -0.15) is 0 Å². The number of hydrogen-bond donors (Lipinski definition) is 0. The Bertz CT molecular complexity index is 1280. The van der Waals surface area contributed by atoms with Gasteiger partial charge >= 0.3 is 0 Å². The van der Waals surface area contributed by atoms with Gasteiger partial charge < -0.3 is 9.64 Å². The van der Waals surface area contributed by atoms with Gasteiger partial charge in [-0.25, -0.2) is 9.97 Å². The molecule has 2 aromatic heterocycles. The molecule has 3 heterocycles. The summed E-state index contributed by atoms with van der Waals surface area (Å²) >= 11 is 7.97. The van der Waals surface area contributed by atoms with E-state index in [1.54, 1.807) is 24.2 Å². The molecule has 1 aliphatic rings. The molecule has 1 amide bonds. The fourth-order valence-electron chi connectivity index (χ4n) is 3.89. The van der Waals surface area contributed by atoms with E-state index >= 15 is 0 Å². The molecule has 1 saturated heterocycles. The molecular formula is C24H21ClN4O2S. The molecule has 162 valence electrons. The van der Waals surface area contributed by atoms with Crippen LogP contribution in [-0.4, -0.2) is 57.9 Å². The molecule has 1 aliphatic heterocycles. The zero-order valence-corrected chi connectivity index (χ0v) is 19.1. The molecule has 5 rings (SSSR count). The Labute approximate surface area is 195 Å². The molecule has 0 spiro atoms. The van der Waals surface area contributed by atoms with Crippen LogP contribution in [0.15, 0.2) is 66.0 Å². The summed E-state index contributed by atoms with van der Waals surface area (Å²) in [5.41, 5.74) is 3.29. The van der Waals surface area contributed by atoms with Crippen molar-refractivity contribution in [2.45, 2.75) is 4.90 Å². The summed E-state index contributed by atoms with van der Waals surface area (Å²) in [6, 6.07) is 13.5. The number of thioether (sulfide) groups is 1. The molecule has 32 heavy (non-hydrogen) atoms. The van der Waals surface area contributed by atoms with Crippen LogP contribution in [0.2, 0.25) is 5.02 Å². The number of nitrogens with zero attached hydrogens (tertiary/aromatic N) is 4. The van der Waals surface area contributed by atoms with E-state index in [1.807, 2.05) is 64.4 Å². The molecule has 0 aliphatic carbocycles. The summed E-state index contributed by atoms with van der Waals surface area (Å²) in [5.74, 6) is 0.561. The number of hydrogen-bond acceptors (Lipinski definition) is 5. The molecule has 2 aromatic carbocycles. The smallest absolute Gasteiger partial charge is 0.254 e. The van der Waals surface area contributed by atoms with Gasteiger partial charge in [0.2, 0.25) is 5.95 Å². The Morgan fingerprint density at radius 1 is 1.09 bits per heavy atom. The first-order valence-corrected chi connectivity index (χ1v) is 11.9. The molecule has 6 nitrogen and oxygen atoms in total. The largest absolute Gasteiger partial charge is 0.378 e. The minimum absolute atomic E-state index is 0.0173. The van der Waals surface area contributed by atoms with Gasteiger partial charge in [0.1, 0.15) is 0 Å². The summed E-state index contributed by atoms with van der Waals surface area (Å²) < 4.78 is 7.31. The maximum atomic E-state index is 13.0. The van der Waals surface area contributed by atoms with Crippen molar-refractivity contribution < 1.29 is 9.53 Å². The van der Waals surface area contributed by atoms with Crippen molar-refractivity contribution in [3.63, 3.8) is 0 Å². The van der Waals surface area contributed by atoms with Gasteiger partial charge in [-0.3, -0.25) is 9.36 Å². The fraction of sp³-hybridized carbons (Fsp3) is 0.208. The van der Waals surface area contributed by atoms with Crippen LogP contribution in [-0.2, 0) is 4.74 Å². The molecule has 1 fully saturated rings. The minimum atomic E-state index is 0.0173. The van der Waals surface area contributed by atoms with Crippen molar-refractivity contribution in [2.24, 2.45) is 0 Å². The number of amides is 1. The number of carbonyl (C=O) groups excluding carboxylic acids is 1. The highest BCUT2D eigenvalue weighted by Crippen LogP contribution is 2.32. The summed E-state index contributed by atoms with van der Waals surface area (Å²) in [7, 11) is 0. The number of ether oxygens (including phenoxy) is 1. The molecule has 4 aromatic rings. The number of fused-ring (bicyclic) bond motifs is 1. The third kappa shape index (κ3) is 3.88. The van der Waals surface area contributed by atoms with Gasteiger partial charge in [0, 0.05) is 63.7 Å². The van der Waals surface area contributed by atoms with Crippen LogP contribution in [0.25, 0.3) is 28.0 Å². The number of carbonyl (C=O) groups is 1. The quantitative estimate of drug-likeness (QED) is 0.400. The summed E-state index contributed by atoms with van der Waals surface area (Å²) in [5, 5.41) is 1.72. The van der Waals surface area contributed by atoms with Crippen LogP contribution in [0, 0.1) is 0 Å². The topological polar surface area (TPSA) is 60.2 Å². The molecule has 0 unspecified atom stereocenters. The van der Waals surface area contributed by atoms with Gasteiger partial charge in [-0.15, -0.1) is 11.8 Å². The Morgan fingerprint density at radius 2 is 1.84 bits per heavy atom. The van der Waals surface area contributed by atoms with Gasteiger partial charge in [0.15, 0.2) is 0 Å². The van der Waals surface area contributed by atoms with E-state index in [0.717, 1.165) is 26.9 Å². The second-order valence-corrected chi connectivity index (χ2v) is 8.71. The van der Waals surface area contributed by atoms with Crippen LogP contribution in [0.5, 0.6) is 0 Å². The number of morpholine rings is 1. The second kappa shape index (κ2) is 8.94. The Balaban J connectivity index is 1.54. The SMILES string of the molecule is CSc1cn(-c2ncc(-c3ccccc3Cl)cn2)c2cc(C(=O)N3CCOCC3)ccc12. The molecule has 0 saturated carbocycles. The van der Waals surface area contributed by atoms with Crippen LogP contribution >= 0.6 is 23.4 Å². The highest BCUT2D eigenvalue weighted by molar-refractivity contribution is 7.98. The predicted octanol–water partition coefficient (Wildman–Crippen LogP) is 4.94. The number of halogens is 1. The van der Waals surface area contributed by atoms with Crippen molar-refractivity contribution in [1.82, 2.24) is 19.4 Å². The van der Waals surface area contributed by atoms with E-state index in [1.165, 1.54) is 0 Å². The zero-order valence-electron chi connectivity index (χ0n) is 17.5. The number of aromatic nitrogens is 3. The Morgan fingerprint density at radius 3 is 2.56 bits per heavy atom. The molecule has 0 radical (unpaired) electrons. The standard InChI is InChI=1S/C24H21ClN4O2S/c1-32-22-15-29(24-26-13-17(14-27-24)18-4-2-3-5-20(18)25)21-12-16(6-7-19(21)22)23(30)28-8-10-31-11-9-28/h2-7,12-15H,8-11H2,1H3. The maximum absolute atomic E-state index is 13.0. The van der Waals surface area contributed by atoms with Crippen LogP contribution in [0.1, 0.15) is 10.4 Å². The van der Waals surface area contributed by atoms with E-state index < -0.39 is 0 Å². The first kappa shape index (κ1) is 21.0. The van der Waals surface area contributed by atoms with Crippen molar-refractivity contribution in [1.29, 1.82) is 0 Å². The van der Waals surface area contributed by atoms with Gasteiger partial charge in [0.05, 0.1) is 18.7 Å². The van der Waals surface area contributed by atoms with Gasteiger partial charge in [0.25, 0.3) is 5.91 Å². The number of benzene rings is 2. The van der Waals surface area contributed by atoms with Crippen molar-refractivity contribution in [2.75, 3.05) is 32.6 Å². The van der Waals surface area contributed by atoms with Crippen LogP contribution in [0.4, 0.5) is 0 Å². The van der Waals surface area contributed by atoms with Gasteiger partial charge in [-0.05, 0) is 24.5 Å². The molecular weight excluding hydrogens is 444 g/mol. The lowest BCUT2D eigenvalue weighted by molar-refractivity contribution is 0.0303. The zero-order chi connectivity index (χ0) is 22.1. The monoisotopic (exact) mass is 464 g/mol. The Hall–Kier alpha value is -2.87. The number of rotatable bonds is 4. The maximum Gasteiger partial charge on any atom is 0.254 e. The van der Waals surface area contributed by atoms with E-state index in [4.69, 9.17) is 16.3 Å². The third-order valence-electron chi connectivity index (χ3n) is 5.57. The van der Waals surface area contributed by atoms with E-state index in [9.17, 15) is 4.79 Å². The summed E-state index contributed by atoms with van der Waals surface area (Å²) in [6.07, 6.45) is 7.60. The average molecular weight is 465 g/mol. The minimum Gasteiger partial charge on any atom is -0.378 e. The first-order valence-electron chi connectivity index (χ1n) is 10.3. The fourth-order valence-corrected chi connectivity index (χ4v) is 4.73. The highest BCUT2D eigenvalue weighted by atomic mass is 35.5. The summed E-state index contributed by atoms with van der Waals surface area (Å²) in [6.45, 7) is 2.38. The lowest BCUT2D eigenvalue weighted by atomic mass is 10.1. The van der Waals surface area contributed by atoms with E-state index in [0.29, 0.717) is 42.8 Å². The third-order valence-corrected chi connectivity index (χ3v) is 6.67. The lowest BCUT2D eigenvalue weighted by Crippen LogP contribution is -2.40. The Kier molecular flexibility index (Phi) is 5.87. The van der Waals surface area contributed by atoms with Gasteiger partial charge in [-0.1, -0.05) is 35.9 Å². The summed E-state index contributed by atoms with van der Waals surface area (Å²) in [4.78, 5) is 25.2. The molecule has 0 bridgehead atoms. The average Bonchev–Trinajstić information content (AvgIpc) is 3.22.